The normalized spacial score (nSPS) is 42.4. The Morgan fingerprint density at radius 2 is 1.39 bits per heavy atom. The maximum absolute atomic E-state index is 11.9. The third-order valence-corrected chi connectivity index (χ3v) is 5.39. The van der Waals surface area contributed by atoms with Crippen molar-refractivity contribution in [3.05, 3.63) is 0 Å². The topological polar surface area (TPSA) is 52.6 Å². The number of hydrogen-bond donors (Lipinski definition) is 0. The minimum atomic E-state index is -1.20. The number of esters is 2. The smallest absolute Gasteiger partial charge is 0.327 e. The molecule has 0 aromatic heterocycles. The van der Waals surface area contributed by atoms with Crippen LogP contribution in [0.25, 0.3) is 0 Å². The number of fused-ring (bicyclic) bond motifs is 1. The Bertz CT molecular complexity index is 352. The van der Waals surface area contributed by atoms with Gasteiger partial charge in [0.1, 0.15) is 9.75 Å². The molecule has 2 aliphatic rings. The van der Waals surface area contributed by atoms with E-state index in [9.17, 15) is 9.59 Å². The van der Waals surface area contributed by atoms with Gasteiger partial charge in [-0.1, -0.05) is 6.42 Å². The van der Waals surface area contributed by atoms with Crippen LogP contribution in [0.5, 0.6) is 0 Å². The number of ether oxygens (including phenoxy) is 2. The predicted octanol–water partition coefficient (Wildman–Crippen LogP) is 2.11. The molecule has 0 heterocycles. The van der Waals surface area contributed by atoms with Crippen molar-refractivity contribution in [2.24, 2.45) is 11.8 Å². The summed E-state index contributed by atoms with van der Waals surface area (Å²) in [6.07, 6.45) is 2.55. The van der Waals surface area contributed by atoms with Gasteiger partial charge in [-0.05, 0) is 24.7 Å². The van der Waals surface area contributed by atoms with Crippen molar-refractivity contribution in [1.82, 2.24) is 0 Å². The van der Waals surface area contributed by atoms with Crippen molar-refractivity contribution in [1.29, 1.82) is 0 Å². The third kappa shape index (κ3) is 1.73. The Morgan fingerprint density at radius 3 is 1.72 bits per heavy atom. The van der Waals surface area contributed by atoms with E-state index in [0.717, 1.165) is 19.3 Å². The summed E-state index contributed by atoms with van der Waals surface area (Å²) < 4.78 is 9.54. The summed E-state index contributed by atoms with van der Waals surface area (Å²) in [6.45, 7) is 0. The molecule has 0 spiro atoms. The lowest BCUT2D eigenvalue weighted by Crippen LogP contribution is -2.40. The lowest BCUT2D eigenvalue weighted by molar-refractivity contribution is -0.145. The van der Waals surface area contributed by atoms with Gasteiger partial charge in [0.05, 0.1) is 14.2 Å². The first kappa shape index (κ1) is 13.9. The van der Waals surface area contributed by atoms with Gasteiger partial charge in [0.2, 0.25) is 0 Å². The zero-order valence-corrected chi connectivity index (χ0v) is 11.9. The van der Waals surface area contributed by atoms with Crippen LogP contribution in [-0.4, -0.2) is 35.9 Å². The molecular formula is C12H16Cl2O4. The van der Waals surface area contributed by atoms with Gasteiger partial charge in [-0.15, -0.1) is 23.2 Å². The van der Waals surface area contributed by atoms with Crippen LogP contribution in [0.4, 0.5) is 0 Å². The molecule has 2 rings (SSSR count). The molecule has 0 saturated heterocycles. The number of rotatable bonds is 2. The molecule has 4 atom stereocenters. The highest BCUT2D eigenvalue weighted by Gasteiger charge is 2.68. The summed E-state index contributed by atoms with van der Waals surface area (Å²) in [5.41, 5.74) is 0. The fraction of sp³-hybridized carbons (Fsp3) is 0.833. The van der Waals surface area contributed by atoms with Crippen LogP contribution in [-0.2, 0) is 19.1 Å². The van der Waals surface area contributed by atoms with Gasteiger partial charge in [0, 0.05) is 6.42 Å². The summed E-state index contributed by atoms with van der Waals surface area (Å²) in [5.74, 6) is -1.26. The van der Waals surface area contributed by atoms with Crippen LogP contribution in [0.1, 0.15) is 25.7 Å². The summed E-state index contributed by atoms with van der Waals surface area (Å²) in [6, 6.07) is 0. The van der Waals surface area contributed by atoms with E-state index in [0.29, 0.717) is 0 Å². The molecule has 0 N–H and O–H groups in total. The molecule has 0 aliphatic heterocycles. The summed E-state index contributed by atoms with van der Waals surface area (Å²) in [5, 5.41) is 0. The number of carbonyl (C=O) groups excluding carboxylic acids is 2. The fourth-order valence-corrected chi connectivity index (χ4v) is 4.65. The average molecular weight is 295 g/mol. The summed E-state index contributed by atoms with van der Waals surface area (Å²) >= 11 is 12.9. The highest BCUT2D eigenvalue weighted by molar-refractivity contribution is 6.40. The Labute approximate surface area is 116 Å². The molecule has 0 unspecified atom stereocenters. The van der Waals surface area contributed by atoms with Crippen molar-refractivity contribution < 1.29 is 19.1 Å². The first-order valence-electron chi connectivity index (χ1n) is 5.95. The van der Waals surface area contributed by atoms with Gasteiger partial charge in [-0.25, -0.2) is 0 Å². The number of methoxy groups -OCH3 is 2. The number of halogens is 2. The van der Waals surface area contributed by atoms with Crippen LogP contribution < -0.4 is 0 Å². The molecule has 0 aromatic carbocycles. The van der Waals surface area contributed by atoms with Gasteiger partial charge in [0.25, 0.3) is 0 Å². The molecule has 18 heavy (non-hydrogen) atoms. The second-order valence-electron chi connectivity index (χ2n) is 5.03. The Kier molecular flexibility index (Phi) is 3.54. The highest BCUT2D eigenvalue weighted by atomic mass is 35.5. The maximum atomic E-state index is 11.9. The molecule has 0 amide bonds. The van der Waals surface area contributed by atoms with Gasteiger partial charge >= 0.3 is 11.9 Å². The van der Waals surface area contributed by atoms with Gasteiger partial charge < -0.3 is 9.47 Å². The maximum Gasteiger partial charge on any atom is 0.327 e. The van der Waals surface area contributed by atoms with Crippen molar-refractivity contribution in [3.63, 3.8) is 0 Å². The quantitative estimate of drug-likeness (QED) is 0.578. The summed E-state index contributed by atoms with van der Waals surface area (Å²) in [4.78, 5) is 21.4. The molecule has 102 valence electrons. The average Bonchev–Trinajstić information content (AvgIpc) is 2.92. The monoisotopic (exact) mass is 294 g/mol. The van der Waals surface area contributed by atoms with Crippen molar-refractivity contribution in [2.45, 2.75) is 35.4 Å². The Morgan fingerprint density at radius 1 is 1.00 bits per heavy atom. The molecule has 0 radical (unpaired) electrons. The fourth-order valence-electron chi connectivity index (χ4n) is 3.48. The Hall–Kier alpha value is -0.480. The number of carbonyl (C=O) groups is 2. The van der Waals surface area contributed by atoms with Gasteiger partial charge in [-0.2, -0.15) is 0 Å². The van der Waals surface area contributed by atoms with E-state index in [1.54, 1.807) is 0 Å². The molecular weight excluding hydrogens is 279 g/mol. The van der Waals surface area contributed by atoms with E-state index in [1.807, 2.05) is 0 Å². The van der Waals surface area contributed by atoms with Crippen LogP contribution in [0.2, 0.25) is 0 Å². The first-order valence-corrected chi connectivity index (χ1v) is 6.70. The van der Waals surface area contributed by atoms with E-state index < -0.39 is 21.7 Å². The molecule has 0 bridgehead atoms. The minimum absolute atomic E-state index is 0.0673. The summed E-state index contributed by atoms with van der Waals surface area (Å²) in [7, 11) is 2.59. The van der Waals surface area contributed by atoms with E-state index in [-0.39, 0.29) is 18.3 Å². The number of alkyl halides is 2. The minimum Gasteiger partial charge on any atom is -0.468 e. The van der Waals surface area contributed by atoms with E-state index in [1.165, 1.54) is 14.2 Å². The lowest BCUT2D eigenvalue weighted by atomic mass is 9.89. The Balaban J connectivity index is 2.39. The highest BCUT2D eigenvalue weighted by Crippen LogP contribution is 2.60. The van der Waals surface area contributed by atoms with Crippen LogP contribution in [0.3, 0.4) is 0 Å². The molecule has 6 heteroatoms. The second-order valence-corrected chi connectivity index (χ2v) is 6.38. The lowest BCUT2D eigenvalue weighted by Gasteiger charge is -2.24. The zero-order valence-electron chi connectivity index (χ0n) is 10.4. The zero-order chi connectivity index (χ0) is 13.6. The van der Waals surface area contributed by atoms with Crippen LogP contribution >= 0.6 is 23.2 Å². The van der Waals surface area contributed by atoms with Crippen molar-refractivity contribution in [3.8, 4) is 0 Å². The van der Waals surface area contributed by atoms with E-state index >= 15 is 0 Å². The standard InChI is InChI=1S/C12H16Cl2O4/c1-17-9(15)11(13)6-12(14,10(16)18-2)8-5-3-4-7(8)11/h7-8H,3-6H2,1-2H3/t7-,8+,11-,12+. The van der Waals surface area contributed by atoms with E-state index in [4.69, 9.17) is 32.7 Å². The van der Waals surface area contributed by atoms with Crippen LogP contribution in [0, 0.1) is 11.8 Å². The predicted molar refractivity (Wildman–Crippen MR) is 66.6 cm³/mol. The molecule has 0 aromatic rings. The van der Waals surface area contributed by atoms with Gasteiger partial charge in [0.15, 0.2) is 0 Å². The van der Waals surface area contributed by atoms with Crippen LogP contribution in [0.15, 0.2) is 0 Å². The van der Waals surface area contributed by atoms with Crippen molar-refractivity contribution >= 4 is 35.1 Å². The SMILES string of the molecule is COC(=O)[C@]1(Cl)C[C@](Cl)(C(=O)OC)[C@@H]2CCC[C@@H]21. The van der Waals surface area contributed by atoms with Crippen molar-refractivity contribution in [2.75, 3.05) is 14.2 Å². The number of hydrogen-bond acceptors (Lipinski definition) is 4. The first-order chi connectivity index (χ1) is 8.40. The van der Waals surface area contributed by atoms with Gasteiger partial charge in [-0.3, -0.25) is 9.59 Å². The molecule has 2 saturated carbocycles. The third-order valence-electron chi connectivity index (χ3n) is 4.26. The molecule has 2 fully saturated rings. The molecule has 4 nitrogen and oxygen atoms in total. The second kappa shape index (κ2) is 4.57. The largest absolute Gasteiger partial charge is 0.468 e. The molecule has 2 aliphatic carbocycles. The van der Waals surface area contributed by atoms with E-state index in [2.05, 4.69) is 0 Å².